The molecule has 0 saturated heterocycles. The van der Waals surface area contributed by atoms with Crippen molar-refractivity contribution in [2.24, 2.45) is 5.92 Å². The fraction of sp³-hybridized carbons (Fsp3) is 0.727. The molecular formula is C22H38O4. The topological polar surface area (TPSA) is 63.6 Å². The number of carbonyl (C=O) groups excluding carboxylic acids is 2. The maximum Gasteiger partial charge on any atom is 0.305 e. The number of aliphatic hydroxyl groups is 1. The van der Waals surface area contributed by atoms with Crippen LogP contribution in [0.15, 0.2) is 24.3 Å². The summed E-state index contributed by atoms with van der Waals surface area (Å²) in [5, 5.41) is 10.1. The molecule has 0 aromatic heterocycles. The zero-order chi connectivity index (χ0) is 19.8. The lowest BCUT2D eigenvalue weighted by molar-refractivity contribution is -0.140. The third-order valence-corrected chi connectivity index (χ3v) is 4.46. The van der Waals surface area contributed by atoms with Gasteiger partial charge in [-0.3, -0.25) is 9.59 Å². The molecule has 0 aromatic rings. The molecule has 4 heteroatoms. The molecule has 0 amide bonds. The van der Waals surface area contributed by atoms with Crippen LogP contribution in [0.1, 0.15) is 85.0 Å². The number of ether oxygens (including phenoxy) is 1. The van der Waals surface area contributed by atoms with Crippen molar-refractivity contribution in [3.05, 3.63) is 24.3 Å². The highest BCUT2D eigenvalue weighted by Gasteiger charge is 2.21. The number of allylic oxidation sites excluding steroid dienone is 3. The van der Waals surface area contributed by atoms with E-state index in [4.69, 9.17) is 0 Å². The molecule has 26 heavy (non-hydrogen) atoms. The van der Waals surface area contributed by atoms with Gasteiger partial charge < -0.3 is 9.84 Å². The van der Waals surface area contributed by atoms with Crippen molar-refractivity contribution in [1.29, 1.82) is 0 Å². The van der Waals surface area contributed by atoms with Crippen LogP contribution in [0.3, 0.4) is 0 Å². The molecule has 2 atom stereocenters. The first-order valence-corrected chi connectivity index (χ1v) is 9.97. The van der Waals surface area contributed by atoms with Crippen molar-refractivity contribution < 1.29 is 19.4 Å². The van der Waals surface area contributed by atoms with Gasteiger partial charge in [0.2, 0.25) is 0 Å². The zero-order valence-corrected chi connectivity index (χ0v) is 17.1. The monoisotopic (exact) mass is 366 g/mol. The Morgan fingerprint density at radius 2 is 2.04 bits per heavy atom. The van der Waals surface area contributed by atoms with Crippen LogP contribution in [0, 0.1) is 5.92 Å². The van der Waals surface area contributed by atoms with E-state index in [1.54, 1.807) is 0 Å². The van der Waals surface area contributed by atoms with Gasteiger partial charge in [-0.25, -0.2) is 0 Å². The van der Waals surface area contributed by atoms with Crippen LogP contribution in [0.25, 0.3) is 0 Å². The van der Waals surface area contributed by atoms with E-state index in [1.165, 1.54) is 7.11 Å². The summed E-state index contributed by atoms with van der Waals surface area (Å²) >= 11 is 0. The van der Waals surface area contributed by atoms with Gasteiger partial charge in [0.25, 0.3) is 0 Å². The molecule has 0 bridgehead atoms. The number of rotatable bonds is 10. The third-order valence-electron chi connectivity index (χ3n) is 4.46. The van der Waals surface area contributed by atoms with E-state index in [0.717, 1.165) is 44.9 Å². The minimum absolute atomic E-state index is 0.138. The number of unbranched alkanes of at least 4 members (excludes halogenated alkanes) is 1. The Morgan fingerprint density at radius 1 is 1.31 bits per heavy atom. The molecule has 150 valence electrons. The highest BCUT2D eigenvalue weighted by atomic mass is 16.5. The molecular weight excluding hydrogens is 328 g/mol. The van der Waals surface area contributed by atoms with E-state index >= 15 is 0 Å². The Balaban J connectivity index is 0.000000541. The smallest absolute Gasteiger partial charge is 0.305 e. The lowest BCUT2D eigenvalue weighted by Crippen LogP contribution is -2.22. The lowest BCUT2D eigenvalue weighted by Gasteiger charge is -2.21. The normalized spacial score (nSPS) is 19.4. The Labute approximate surface area is 159 Å². The summed E-state index contributed by atoms with van der Waals surface area (Å²) in [6.07, 6.45) is 16.7. The zero-order valence-electron chi connectivity index (χ0n) is 17.1. The van der Waals surface area contributed by atoms with Gasteiger partial charge in [0.15, 0.2) is 0 Å². The standard InChI is InChI=1S/C14H24O2.C8H14O2/c1-3-4-9-14(2,16)10-5-6-12-7-8-13(15)11-12;1-3-4-5-6-7-8(9)10-2/h5-6,12,16H,3-4,7-11H2,1-2H3;4-5H,3,6-7H2,1-2H3/b6-5+;5-4-. The highest BCUT2D eigenvalue weighted by Crippen LogP contribution is 2.24. The molecule has 1 saturated carbocycles. The number of carbonyl (C=O) groups is 2. The van der Waals surface area contributed by atoms with E-state index < -0.39 is 5.60 Å². The lowest BCUT2D eigenvalue weighted by atomic mass is 9.94. The maximum absolute atomic E-state index is 11.1. The van der Waals surface area contributed by atoms with Gasteiger partial charge >= 0.3 is 5.97 Å². The fourth-order valence-corrected chi connectivity index (χ4v) is 2.77. The van der Waals surface area contributed by atoms with Crippen LogP contribution in [0.4, 0.5) is 0 Å². The number of methoxy groups -OCH3 is 1. The summed E-state index contributed by atoms with van der Waals surface area (Å²) in [5.74, 6) is 0.669. The predicted octanol–water partition coefficient (Wildman–Crippen LogP) is 5.15. The molecule has 0 radical (unpaired) electrons. The van der Waals surface area contributed by atoms with Crippen molar-refractivity contribution >= 4 is 11.8 Å². The van der Waals surface area contributed by atoms with Crippen LogP contribution in [-0.4, -0.2) is 29.6 Å². The van der Waals surface area contributed by atoms with E-state index in [-0.39, 0.29) is 5.97 Å². The van der Waals surface area contributed by atoms with Crippen LogP contribution < -0.4 is 0 Å². The predicted molar refractivity (Wildman–Crippen MR) is 107 cm³/mol. The molecule has 1 aliphatic rings. The summed E-state index contributed by atoms with van der Waals surface area (Å²) in [6, 6.07) is 0. The molecule has 1 N–H and O–H groups in total. The Morgan fingerprint density at radius 3 is 2.58 bits per heavy atom. The van der Waals surface area contributed by atoms with Crippen LogP contribution >= 0.6 is 0 Å². The first-order chi connectivity index (χ1) is 12.3. The molecule has 0 aromatic carbocycles. The van der Waals surface area contributed by atoms with Gasteiger partial charge in [-0.2, -0.15) is 0 Å². The number of hydrogen-bond acceptors (Lipinski definition) is 4. The van der Waals surface area contributed by atoms with Crippen molar-refractivity contribution in [3.8, 4) is 0 Å². The quantitative estimate of drug-likeness (QED) is 0.429. The highest BCUT2D eigenvalue weighted by molar-refractivity contribution is 5.80. The SMILES string of the molecule is CC/C=C\CCC(=O)OC.CCCCC(C)(O)C/C=C/C1CCC(=O)C1. The summed E-state index contributed by atoms with van der Waals surface area (Å²) < 4.78 is 4.46. The van der Waals surface area contributed by atoms with E-state index in [1.807, 2.05) is 19.1 Å². The van der Waals surface area contributed by atoms with Crippen LogP contribution in [0.2, 0.25) is 0 Å². The minimum atomic E-state index is -0.574. The van der Waals surface area contributed by atoms with Gasteiger partial charge in [-0.05, 0) is 44.9 Å². The number of esters is 1. The number of ketones is 1. The van der Waals surface area contributed by atoms with E-state index in [2.05, 4.69) is 30.7 Å². The van der Waals surface area contributed by atoms with E-state index in [0.29, 0.717) is 31.0 Å². The fourth-order valence-electron chi connectivity index (χ4n) is 2.77. The first kappa shape index (κ1) is 24.6. The molecule has 1 rings (SSSR count). The van der Waals surface area contributed by atoms with Gasteiger partial charge in [-0.15, -0.1) is 0 Å². The molecule has 0 aliphatic heterocycles. The molecule has 0 spiro atoms. The summed E-state index contributed by atoms with van der Waals surface area (Å²) in [4.78, 5) is 21.6. The second-order valence-corrected chi connectivity index (χ2v) is 7.27. The van der Waals surface area contributed by atoms with Gasteiger partial charge in [0.1, 0.15) is 5.78 Å². The summed E-state index contributed by atoms with van der Waals surface area (Å²) in [6.45, 7) is 6.09. The molecule has 1 fully saturated rings. The summed E-state index contributed by atoms with van der Waals surface area (Å²) in [7, 11) is 1.41. The van der Waals surface area contributed by atoms with Crippen molar-refractivity contribution in [2.75, 3.05) is 7.11 Å². The van der Waals surface area contributed by atoms with Crippen LogP contribution in [-0.2, 0) is 14.3 Å². The molecule has 2 unspecified atom stereocenters. The average Bonchev–Trinajstić information content (AvgIpc) is 3.02. The van der Waals surface area contributed by atoms with Crippen molar-refractivity contribution in [2.45, 2.75) is 90.6 Å². The van der Waals surface area contributed by atoms with Crippen molar-refractivity contribution in [1.82, 2.24) is 0 Å². The molecule has 0 heterocycles. The Bertz CT molecular complexity index is 449. The Hall–Kier alpha value is -1.42. The third kappa shape index (κ3) is 13.8. The maximum atomic E-state index is 11.1. The number of hydrogen-bond donors (Lipinski definition) is 1. The van der Waals surface area contributed by atoms with Gasteiger partial charge in [0.05, 0.1) is 12.7 Å². The molecule has 1 aliphatic carbocycles. The first-order valence-electron chi connectivity index (χ1n) is 9.97. The van der Waals surface area contributed by atoms with Crippen molar-refractivity contribution in [3.63, 3.8) is 0 Å². The van der Waals surface area contributed by atoms with E-state index in [9.17, 15) is 14.7 Å². The number of Topliss-reactive ketones (excluding diaryl/α,β-unsaturated/α-hetero) is 1. The van der Waals surface area contributed by atoms with Crippen LogP contribution in [0.5, 0.6) is 0 Å². The Kier molecular flexibility index (Phi) is 13.9. The van der Waals surface area contributed by atoms with Gasteiger partial charge in [-0.1, -0.05) is 51.0 Å². The average molecular weight is 367 g/mol. The second kappa shape index (κ2) is 14.7. The van der Waals surface area contributed by atoms with Gasteiger partial charge in [0, 0.05) is 19.3 Å². The molecule has 4 nitrogen and oxygen atoms in total. The second-order valence-electron chi connectivity index (χ2n) is 7.27. The minimum Gasteiger partial charge on any atom is -0.469 e. The largest absolute Gasteiger partial charge is 0.469 e. The summed E-state index contributed by atoms with van der Waals surface area (Å²) in [5.41, 5.74) is -0.574.